The van der Waals surface area contributed by atoms with E-state index in [0.29, 0.717) is 18.7 Å². The van der Waals surface area contributed by atoms with Crippen molar-refractivity contribution < 1.29 is 18.3 Å². The van der Waals surface area contributed by atoms with E-state index in [4.69, 9.17) is 0 Å². The first-order valence-electron chi connectivity index (χ1n) is 9.09. The van der Waals surface area contributed by atoms with Crippen LogP contribution in [0.15, 0.2) is 29.2 Å². The average Bonchev–Trinajstić information content (AvgIpc) is 2.89. The van der Waals surface area contributed by atoms with E-state index in [1.807, 2.05) is 0 Å². The van der Waals surface area contributed by atoms with Crippen LogP contribution in [0.25, 0.3) is 0 Å². The van der Waals surface area contributed by atoms with Gasteiger partial charge in [-0.25, -0.2) is 13.1 Å². The Labute approximate surface area is 149 Å². The Balaban J connectivity index is 1.68. The molecule has 1 aromatic rings. The molecule has 138 valence electrons. The van der Waals surface area contributed by atoms with Crippen molar-refractivity contribution >= 4 is 21.6 Å². The highest BCUT2D eigenvalue weighted by Gasteiger charge is 2.31. The molecule has 0 spiro atoms. The van der Waals surface area contributed by atoms with Crippen LogP contribution in [0.4, 0.5) is 5.69 Å². The van der Waals surface area contributed by atoms with Crippen LogP contribution in [0.2, 0.25) is 0 Å². The molecule has 25 heavy (non-hydrogen) atoms. The number of amides is 1. The van der Waals surface area contributed by atoms with Crippen LogP contribution in [0.1, 0.15) is 51.4 Å². The molecule has 2 aliphatic rings. The van der Waals surface area contributed by atoms with Gasteiger partial charge in [-0.2, -0.15) is 0 Å². The van der Waals surface area contributed by atoms with E-state index in [1.54, 1.807) is 12.1 Å². The fourth-order valence-electron chi connectivity index (χ4n) is 3.59. The molecule has 6 nitrogen and oxygen atoms in total. The molecule has 1 aliphatic heterocycles. The zero-order valence-corrected chi connectivity index (χ0v) is 15.2. The van der Waals surface area contributed by atoms with Crippen LogP contribution in [0, 0.1) is 0 Å². The van der Waals surface area contributed by atoms with Crippen LogP contribution in [-0.4, -0.2) is 38.1 Å². The maximum Gasteiger partial charge on any atom is 0.255 e. The van der Waals surface area contributed by atoms with E-state index in [2.05, 4.69) is 4.72 Å². The van der Waals surface area contributed by atoms with Crippen LogP contribution >= 0.6 is 0 Å². The van der Waals surface area contributed by atoms with Crippen molar-refractivity contribution in [3.05, 3.63) is 24.3 Å². The van der Waals surface area contributed by atoms with E-state index in [9.17, 15) is 18.3 Å². The number of anilines is 1. The summed E-state index contributed by atoms with van der Waals surface area (Å²) in [4.78, 5) is 13.6. The molecule has 1 aliphatic carbocycles. The first kappa shape index (κ1) is 18.4. The zero-order chi connectivity index (χ0) is 17.9. The third-order valence-corrected chi connectivity index (χ3v) is 6.60. The molecule has 2 fully saturated rings. The van der Waals surface area contributed by atoms with Gasteiger partial charge in [-0.3, -0.25) is 4.79 Å². The van der Waals surface area contributed by atoms with Gasteiger partial charge in [0.25, 0.3) is 5.91 Å². The fraction of sp³-hybridized carbons (Fsp3) is 0.611. The number of benzene rings is 1. The number of hydrogen-bond acceptors (Lipinski definition) is 4. The Hall–Kier alpha value is -1.44. The highest BCUT2D eigenvalue weighted by Crippen LogP contribution is 2.24. The lowest BCUT2D eigenvalue weighted by Gasteiger charge is -2.21. The van der Waals surface area contributed by atoms with E-state index in [-0.39, 0.29) is 16.8 Å². The van der Waals surface area contributed by atoms with E-state index >= 15 is 0 Å². The predicted molar refractivity (Wildman–Crippen MR) is 95.8 cm³/mol. The summed E-state index contributed by atoms with van der Waals surface area (Å²) < 4.78 is 28.1. The molecule has 1 amide bonds. The van der Waals surface area contributed by atoms with E-state index in [0.717, 1.165) is 25.7 Å². The molecule has 7 heteroatoms. The molecule has 1 atom stereocenters. The molecular weight excluding hydrogens is 340 g/mol. The van der Waals surface area contributed by atoms with Gasteiger partial charge in [-0.1, -0.05) is 32.1 Å². The summed E-state index contributed by atoms with van der Waals surface area (Å²) in [5.74, 6) is -0.330. The maximum absolute atomic E-state index is 12.6. The lowest BCUT2D eigenvalue weighted by atomic mass is 9.97. The summed E-state index contributed by atoms with van der Waals surface area (Å²) in [5.41, 5.74) is 0.617. The molecule has 3 rings (SSSR count). The minimum atomic E-state index is -3.56. The summed E-state index contributed by atoms with van der Waals surface area (Å²) in [6.45, 7) is 0.451. The largest absolute Gasteiger partial charge is 0.383 e. The van der Waals surface area contributed by atoms with Crippen molar-refractivity contribution in [3.8, 4) is 0 Å². The Morgan fingerprint density at radius 3 is 2.12 bits per heavy atom. The number of hydrogen-bond donors (Lipinski definition) is 2. The van der Waals surface area contributed by atoms with E-state index < -0.39 is 16.1 Å². The van der Waals surface area contributed by atoms with Gasteiger partial charge < -0.3 is 10.0 Å². The summed E-state index contributed by atoms with van der Waals surface area (Å²) in [5, 5.41) is 9.54. The second-order valence-corrected chi connectivity index (χ2v) is 8.67. The predicted octanol–water partition coefficient (Wildman–Crippen LogP) is 2.18. The third-order valence-electron chi connectivity index (χ3n) is 5.06. The molecule has 0 radical (unpaired) electrons. The van der Waals surface area contributed by atoms with Crippen molar-refractivity contribution in [2.75, 3.05) is 11.4 Å². The van der Waals surface area contributed by atoms with Gasteiger partial charge >= 0.3 is 0 Å². The maximum atomic E-state index is 12.6. The number of sulfonamides is 1. The smallest absolute Gasteiger partial charge is 0.255 e. The Kier molecular flexibility index (Phi) is 5.76. The molecule has 0 aromatic heterocycles. The van der Waals surface area contributed by atoms with Gasteiger partial charge in [0.2, 0.25) is 10.0 Å². The Morgan fingerprint density at radius 2 is 1.56 bits per heavy atom. The second-order valence-electron chi connectivity index (χ2n) is 6.95. The van der Waals surface area contributed by atoms with Gasteiger partial charge in [0.05, 0.1) is 4.90 Å². The highest BCUT2D eigenvalue weighted by atomic mass is 32.2. The van der Waals surface area contributed by atoms with Crippen LogP contribution in [-0.2, 0) is 14.8 Å². The monoisotopic (exact) mass is 366 g/mol. The minimum absolute atomic E-state index is 0.000263. The van der Waals surface area contributed by atoms with Gasteiger partial charge in [0, 0.05) is 24.7 Å². The lowest BCUT2D eigenvalue weighted by molar-refractivity contribution is -0.123. The second kappa shape index (κ2) is 7.85. The summed E-state index contributed by atoms with van der Waals surface area (Å²) in [6.07, 6.45) is 6.92. The lowest BCUT2D eigenvalue weighted by Crippen LogP contribution is -2.35. The van der Waals surface area contributed by atoms with Gasteiger partial charge in [0.1, 0.15) is 6.10 Å². The van der Waals surface area contributed by atoms with Crippen molar-refractivity contribution in [2.24, 2.45) is 0 Å². The zero-order valence-electron chi connectivity index (χ0n) is 14.4. The molecule has 0 bridgehead atoms. The average molecular weight is 366 g/mol. The number of nitrogens with one attached hydrogen (secondary N) is 1. The molecule has 1 saturated carbocycles. The molecule has 1 saturated heterocycles. The van der Waals surface area contributed by atoms with Crippen molar-refractivity contribution in [1.82, 2.24) is 4.72 Å². The SMILES string of the molecule is O=C1C(O)CCN1c1ccc(S(=O)(=O)NC2CCCCCCC2)cc1. The van der Waals surface area contributed by atoms with Crippen molar-refractivity contribution in [1.29, 1.82) is 0 Å². The summed E-state index contributed by atoms with van der Waals surface area (Å²) in [7, 11) is -3.56. The van der Waals surface area contributed by atoms with Crippen molar-refractivity contribution in [3.63, 3.8) is 0 Å². The first-order chi connectivity index (χ1) is 12.0. The highest BCUT2D eigenvalue weighted by molar-refractivity contribution is 7.89. The first-order valence-corrected chi connectivity index (χ1v) is 10.6. The normalized spacial score (nSPS) is 23.5. The number of aliphatic hydroxyl groups excluding tert-OH is 1. The van der Waals surface area contributed by atoms with Gasteiger partial charge in [-0.15, -0.1) is 0 Å². The number of carbonyl (C=O) groups is 1. The Bertz CT molecular complexity index is 694. The molecule has 1 aromatic carbocycles. The van der Waals surface area contributed by atoms with Gasteiger partial charge in [0.15, 0.2) is 0 Å². The third kappa shape index (κ3) is 4.40. The number of nitrogens with zero attached hydrogens (tertiary/aromatic N) is 1. The minimum Gasteiger partial charge on any atom is -0.383 e. The number of aliphatic hydroxyl groups is 1. The van der Waals surface area contributed by atoms with Crippen LogP contribution in [0.5, 0.6) is 0 Å². The molecular formula is C18H26N2O4S. The number of rotatable bonds is 4. The molecule has 1 heterocycles. The molecule has 1 unspecified atom stereocenters. The molecule has 2 N–H and O–H groups in total. The van der Waals surface area contributed by atoms with E-state index in [1.165, 1.54) is 36.3 Å². The van der Waals surface area contributed by atoms with Gasteiger partial charge in [-0.05, 0) is 37.1 Å². The van der Waals surface area contributed by atoms with Crippen molar-refractivity contribution in [2.45, 2.75) is 68.4 Å². The standard InChI is InChI=1S/C18H26N2O4S/c21-17-12-13-20(18(17)22)15-8-10-16(11-9-15)25(23,24)19-14-6-4-2-1-3-5-7-14/h8-11,14,17,19,21H,1-7,12-13H2. The topological polar surface area (TPSA) is 86.7 Å². The Morgan fingerprint density at radius 1 is 0.960 bits per heavy atom. The number of carbonyl (C=O) groups excluding carboxylic acids is 1. The quantitative estimate of drug-likeness (QED) is 0.855. The van der Waals surface area contributed by atoms with Crippen LogP contribution in [0.3, 0.4) is 0 Å². The fourth-order valence-corrected chi connectivity index (χ4v) is 4.89. The summed E-state index contributed by atoms with van der Waals surface area (Å²) in [6, 6.07) is 6.31. The summed E-state index contributed by atoms with van der Waals surface area (Å²) >= 11 is 0. The van der Waals surface area contributed by atoms with Crippen LogP contribution < -0.4 is 9.62 Å².